The molecule has 0 aliphatic rings. The summed E-state index contributed by atoms with van der Waals surface area (Å²) in [7, 11) is 0. The number of rotatable bonds is 62. The van der Waals surface area contributed by atoms with Gasteiger partial charge in [-0.25, -0.2) is 0 Å². The first-order valence-corrected chi connectivity index (χ1v) is 33.2. The highest BCUT2D eigenvalue weighted by Crippen LogP contribution is 2.18. The Kier molecular flexibility index (Phi) is 61.1. The highest BCUT2D eigenvalue weighted by Gasteiger charge is 2.19. The van der Waals surface area contributed by atoms with Gasteiger partial charge in [-0.15, -0.1) is 0 Å². The standard InChI is InChI=1S/C67H128O6/c1-4-7-10-13-16-19-22-25-28-31-34-37-39-42-45-48-51-54-57-60-66(69)72-63-64(73-67(70)61-58-55-52-49-46-43-40-36-33-30-27-24-21-18-15-12-9-6-3)62-71-65(68)59-56-53-50-47-44-41-38-35-32-29-26-23-20-17-14-11-8-5-2/h25,28,64H,4-24,26-27,29-63H2,1-3H3/b28-25-/t64-/m1/s1. The zero-order valence-electron chi connectivity index (χ0n) is 49.7. The first-order valence-electron chi connectivity index (χ1n) is 33.2. The van der Waals surface area contributed by atoms with Crippen LogP contribution in [0.4, 0.5) is 0 Å². The number of carbonyl (C=O) groups is 3. The van der Waals surface area contributed by atoms with E-state index in [2.05, 4.69) is 32.9 Å². The maximum absolute atomic E-state index is 12.9. The van der Waals surface area contributed by atoms with E-state index in [1.54, 1.807) is 0 Å². The molecule has 0 radical (unpaired) electrons. The van der Waals surface area contributed by atoms with E-state index >= 15 is 0 Å². The fraction of sp³-hybridized carbons (Fsp3) is 0.925. The molecule has 0 saturated heterocycles. The summed E-state index contributed by atoms with van der Waals surface area (Å²) in [6.07, 6.45) is 73.6. The lowest BCUT2D eigenvalue weighted by molar-refractivity contribution is -0.167. The van der Waals surface area contributed by atoms with Gasteiger partial charge in [0.2, 0.25) is 0 Å². The number of hydrogen-bond donors (Lipinski definition) is 0. The second-order valence-corrected chi connectivity index (χ2v) is 22.7. The van der Waals surface area contributed by atoms with Crippen LogP contribution in [0.3, 0.4) is 0 Å². The van der Waals surface area contributed by atoms with E-state index in [0.717, 1.165) is 57.8 Å². The molecule has 0 fully saturated rings. The summed E-state index contributed by atoms with van der Waals surface area (Å²) in [5, 5.41) is 0. The van der Waals surface area contributed by atoms with Crippen molar-refractivity contribution in [3.05, 3.63) is 12.2 Å². The van der Waals surface area contributed by atoms with E-state index in [-0.39, 0.29) is 31.1 Å². The van der Waals surface area contributed by atoms with Crippen molar-refractivity contribution in [2.75, 3.05) is 13.2 Å². The van der Waals surface area contributed by atoms with Gasteiger partial charge in [0.15, 0.2) is 6.10 Å². The van der Waals surface area contributed by atoms with Gasteiger partial charge in [0.25, 0.3) is 0 Å². The normalized spacial score (nSPS) is 12.0. The van der Waals surface area contributed by atoms with Crippen LogP contribution in [0.5, 0.6) is 0 Å². The maximum atomic E-state index is 12.9. The Labute approximate surface area is 456 Å². The number of unbranched alkanes of at least 4 members (excludes halogenated alkanes) is 49. The third-order valence-electron chi connectivity index (χ3n) is 15.3. The summed E-state index contributed by atoms with van der Waals surface area (Å²) in [4.78, 5) is 38.4. The molecule has 6 heteroatoms. The monoisotopic (exact) mass is 1030 g/mol. The molecule has 0 aromatic carbocycles. The Balaban J connectivity index is 4.30. The van der Waals surface area contributed by atoms with Crippen LogP contribution in [0.25, 0.3) is 0 Å². The molecule has 0 aromatic heterocycles. The molecule has 73 heavy (non-hydrogen) atoms. The topological polar surface area (TPSA) is 78.9 Å². The summed E-state index contributed by atoms with van der Waals surface area (Å²) in [6.45, 7) is 6.72. The molecule has 0 N–H and O–H groups in total. The smallest absolute Gasteiger partial charge is 0.306 e. The zero-order chi connectivity index (χ0) is 52.9. The first-order chi connectivity index (χ1) is 36.0. The molecule has 1 atom stereocenters. The van der Waals surface area contributed by atoms with Crippen molar-refractivity contribution in [2.24, 2.45) is 0 Å². The molecular formula is C67H128O6. The Morgan fingerprint density at radius 1 is 0.260 bits per heavy atom. The highest BCUT2D eigenvalue weighted by atomic mass is 16.6. The van der Waals surface area contributed by atoms with Gasteiger partial charge in [-0.3, -0.25) is 14.4 Å². The van der Waals surface area contributed by atoms with Crippen molar-refractivity contribution in [3.63, 3.8) is 0 Å². The number of allylic oxidation sites excluding steroid dienone is 2. The molecular weight excluding hydrogens is 901 g/mol. The van der Waals surface area contributed by atoms with Gasteiger partial charge in [-0.1, -0.05) is 328 Å². The molecule has 0 rings (SSSR count). The molecule has 0 bridgehead atoms. The summed E-state index contributed by atoms with van der Waals surface area (Å²) in [5.74, 6) is -0.831. The average Bonchev–Trinajstić information content (AvgIpc) is 3.39. The molecule has 0 aromatic rings. The van der Waals surface area contributed by atoms with E-state index in [1.807, 2.05) is 0 Å². The lowest BCUT2D eigenvalue weighted by atomic mass is 10.0. The molecule has 6 nitrogen and oxygen atoms in total. The molecule has 0 unspecified atom stereocenters. The average molecular weight is 1030 g/mol. The van der Waals surface area contributed by atoms with E-state index < -0.39 is 6.10 Å². The first kappa shape index (κ1) is 71.2. The number of esters is 3. The minimum atomic E-state index is -0.766. The largest absolute Gasteiger partial charge is 0.462 e. The predicted molar refractivity (Wildman–Crippen MR) is 317 cm³/mol. The molecule has 432 valence electrons. The summed E-state index contributed by atoms with van der Waals surface area (Å²) >= 11 is 0. The van der Waals surface area contributed by atoms with E-state index in [9.17, 15) is 14.4 Å². The van der Waals surface area contributed by atoms with Crippen LogP contribution in [-0.4, -0.2) is 37.2 Å². The van der Waals surface area contributed by atoms with Crippen molar-refractivity contribution in [2.45, 2.75) is 386 Å². The van der Waals surface area contributed by atoms with Gasteiger partial charge in [0.1, 0.15) is 13.2 Å². The zero-order valence-corrected chi connectivity index (χ0v) is 49.7. The Morgan fingerprint density at radius 3 is 0.685 bits per heavy atom. The van der Waals surface area contributed by atoms with Gasteiger partial charge in [0.05, 0.1) is 0 Å². The third kappa shape index (κ3) is 60.9. The van der Waals surface area contributed by atoms with Crippen LogP contribution in [0.1, 0.15) is 380 Å². The van der Waals surface area contributed by atoms with Crippen molar-refractivity contribution in [3.8, 4) is 0 Å². The molecule has 0 heterocycles. The molecule has 0 amide bonds. The van der Waals surface area contributed by atoms with E-state index in [0.29, 0.717) is 19.3 Å². The number of carbonyl (C=O) groups excluding carboxylic acids is 3. The summed E-state index contributed by atoms with van der Waals surface area (Å²) < 4.78 is 17.0. The van der Waals surface area contributed by atoms with Gasteiger partial charge in [-0.05, 0) is 44.9 Å². The third-order valence-corrected chi connectivity index (χ3v) is 15.3. The van der Waals surface area contributed by atoms with Gasteiger partial charge in [0, 0.05) is 19.3 Å². The molecule has 0 aliphatic heterocycles. The lowest BCUT2D eigenvalue weighted by Gasteiger charge is -2.18. The molecule has 0 aliphatic carbocycles. The summed E-state index contributed by atoms with van der Waals surface area (Å²) in [5.41, 5.74) is 0. The minimum absolute atomic E-state index is 0.0635. The minimum Gasteiger partial charge on any atom is -0.462 e. The van der Waals surface area contributed by atoms with Crippen molar-refractivity contribution >= 4 is 17.9 Å². The number of ether oxygens (including phenoxy) is 3. The van der Waals surface area contributed by atoms with Crippen molar-refractivity contribution in [1.29, 1.82) is 0 Å². The summed E-state index contributed by atoms with van der Waals surface area (Å²) in [6, 6.07) is 0. The quantitative estimate of drug-likeness (QED) is 0.0261. The number of hydrogen-bond acceptors (Lipinski definition) is 6. The van der Waals surface area contributed by atoms with Crippen LogP contribution in [-0.2, 0) is 28.6 Å². The van der Waals surface area contributed by atoms with Crippen LogP contribution in [0.15, 0.2) is 12.2 Å². The van der Waals surface area contributed by atoms with Gasteiger partial charge in [-0.2, -0.15) is 0 Å². The van der Waals surface area contributed by atoms with Crippen LogP contribution in [0, 0.1) is 0 Å². The van der Waals surface area contributed by atoms with Crippen LogP contribution >= 0.6 is 0 Å². The predicted octanol–water partition coefficient (Wildman–Crippen LogP) is 22.4. The fourth-order valence-corrected chi connectivity index (χ4v) is 10.3. The SMILES string of the molecule is CCCCCCCC/C=C\CCCCCCCCCCCC(=O)OC[C@@H](COC(=O)CCCCCCCCCCCCCCCCCCCC)OC(=O)CCCCCCCCCCCCCCCCCCCC. The highest BCUT2D eigenvalue weighted by molar-refractivity contribution is 5.71. The van der Waals surface area contributed by atoms with Gasteiger partial charge < -0.3 is 14.2 Å². The second kappa shape index (κ2) is 62.7. The second-order valence-electron chi connectivity index (χ2n) is 22.7. The van der Waals surface area contributed by atoms with Gasteiger partial charge >= 0.3 is 17.9 Å². The van der Waals surface area contributed by atoms with E-state index in [1.165, 1.54) is 283 Å². The Hall–Kier alpha value is -1.85. The van der Waals surface area contributed by atoms with E-state index in [4.69, 9.17) is 14.2 Å². The van der Waals surface area contributed by atoms with Crippen molar-refractivity contribution < 1.29 is 28.6 Å². The Morgan fingerprint density at radius 2 is 0.452 bits per heavy atom. The van der Waals surface area contributed by atoms with Crippen LogP contribution < -0.4 is 0 Å². The van der Waals surface area contributed by atoms with Crippen LogP contribution in [0.2, 0.25) is 0 Å². The maximum Gasteiger partial charge on any atom is 0.306 e. The van der Waals surface area contributed by atoms with Crippen molar-refractivity contribution in [1.82, 2.24) is 0 Å². The Bertz CT molecular complexity index is 1130. The molecule has 0 saturated carbocycles. The fourth-order valence-electron chi connectivity index (χ4n) is 10.3. The lowest BCUT2D eigenvalue weighted by Crippen LogP contribution is -2.30. The molecule has 0 spiro atoms.